The van der Waals surface area contributed by atoms with Gasteiger partial charge in [0.25, 0.3) is 5.91 Å². The fourth-order valence-electron chi connectivity index (χ4n) is 3.31. The molecule has 0 radical (unpaired) electrons. The second kappa shape index (κ2) is 7.46. The van der Waals surface area contributed by atoms with E-state index in [-0.39, 0.29) is 5.91 Å². The van der Waals surface area contributed by atoms with Crippen LogP contribution >= 0.6 is 0 Å². The van der Waals surface area contributed by atoms with E-state index < -0.39 is 5.60 Å². The van der Waals surface area contributed by atoms with Gasteiger partial charge >= 0.3 is 0 Å². The molecular formula is C17H25N3O4. The third-order valence-corrected chi connectivity index (χ3v) is 4.52. The SMILES string of the molecule is CCOc1ncccc1C(=O)N1CC[C@@](O)(CN2CCOCC2)C1. The van der Waals surface area contributed by atoms with Gasteiger partial charge in [-0.1, -0.05) is 0 Å². The van der Waals surface area contributed by atoms with Gasteiger partial charge in [-0.15, -0.1) is 0 Å². The van der Waals surface area contributed by atoms with Gasteiger partial charge in [-0.2, -0.15) is 0 Å². The van der Waals surface area contributed by atoms with Crippen LogP contribution in [0.15, 0.2) is 18.3 Å². The highest BCUT2D eigenvalue weighted by Crippen LogP contribution is 2.26. The average molecular weight is 335 g/mol. The molecule has 0 aromatic carbocycles. The Morgan fingerprint density at radius 1 is 1.42 bits per heavy atom. The van der Waals surface area contributed by atoms with Gasteiger partial charge in [-0.3, -0.25) is 9.69 Å². The zero-order chi connectivity index (χ0) is 17.0. The minimum Gasteiger partial charge on any atom is -0.477 e. The molecule has 0 saturated carbocycles. The normalized spacial score (nSPS) is 25.0. The number of morpholine rings is 1. The highest BCUT2D eigenvalue weighted by molar-refractivity contribution is 5.96. The zero-order valence-corrected chi connectivity index (χ0v) is 14.1. The molecule has 0 aliphatic carbocycles. The number of carbonyl (C=O) groups is 1. The topological polar surface area (TPSA) is 75.1 Å². The van der Waals surface area contributed by atoms with Gasteiger partial charge in [0.2, 0.25) is 5.88 Å². The van der Waals surface area contributed by atoms with Gasteiger partial charge in [0.1, 0.15) is 5.56 Å². The van der Waals surface area contributed by atoms with Crippen molar-refractivity contribution in [3.63, 3.8) is 0 Å². The molecule has 2 fully saturated rings. The van der Waals surface area contributed by atoms with Crippen LogP contribution in [0.4, 0.5) is 0 Å². The quantitative estimate of drug-likeness (QED) is 0.839. The summed E-state index contributed by atoms with van der Waals surface area (Å²) >= 11 is 0. The number of β-amino-alcohol motifs (C(OH)–C–C–N with tert-alkyl or cyclic N) is 1. The van der Waals surface area contributed by atoms with E-state index in [2.05, 4.69) is 9.88 Å². The molecule has 0 unspecified atom stereocenters. The number of nitrogens with zero attached hydrogens (tertiary/aromatic N) is 3. The van der Waals surface area contributed by atoms with E-state index in [1.54, 1.807) is 23.2 Å². The lowest BCUT2D eigenvalue weighted by molar-refractivity contribution is -0.0257. The van der Waals surface area contributed by atoms with Crippen molar-refractivity contribution in [2.45, 2.75) is 18.9 Å². The molecular weight excluding hydrogens is 310 g/mol. The smallest absolute Gasteiger partial charge is 0.259 e. The Morgan fingerprint density at radius 3 is 2.96 bits per heavy atom. The van der Waals surface area contributed by atoms with Crippen molar-refractivity contribution in [3.05, 3.63) is 23.9 Å². The number of pyridine rings is 1. The molecule has 3 heterocycles. The number of hydrogen-bond donors (Lipinski definition) is 1. The van der Waals surface area contributed by atoms with Gasteiger partial charge in [-0.05, 0) is 25.5 Å². The molecule has 2 aliphatic rings. The Kier molecular flexibility index (Phi) is 5.33. The molecule has 0 bridgehead atoms. The van der Waals surface area contributed by atoms with Crippen molar-refractivity contribution >= 4 is 5.91 Å². The van der Waals surface area contributed by atoms with E-state index in [0.29, 0.717) is 57.3 Å². The molecule has 1 N–H and O–H groups in total. The second-order valence-electron chi connectivity index (χ2n) is 6.38. The molecule has 1 amide bonds. The summed E-state index contributed by atoms with van der Waals surface area (Å²) in [6.07, 6.45) is 2.20. The average Bonchev–Trinajstić information content (AvgIpc) is 2.98. The number of carbonyl (C=O) groups excluding carboxylic acids is 1. The van der Waals surface area contributed by atoms with Crippen LogP contribution in [0.1, 0.15) is 23.7 Å². The van der Waals surface area contributed by atoms with Crippen LogP contribution in [-0.4, -0.2) is 83.9 Å². The lowest BCUT2D eigenvalue weighted by Gasteiger charge is -2.33. The van der Waals surface area contributed by atoms with E-state index in [4.69, 9.17) is 9.47 Å². The summed E-state index contributed by atoms with van der Waals surface area (Å²) in [4.78, 5) is 20.8. The van der Waals surface area contributed by atoms with Gasteiger partial charge in [-0.25, -0.2) is 4.98 Å². The maximum absolute atomic E-state index is 12.8. The molecule has 132 valence electrons. The highest BCUT2D eigenvalue weighted by Gasteiger charge is 2.40. The maximum atomic E-state index is 12.8. The van der Waals surface area contributed by atoms with Crippen LogP contribution < -0.4 is 4.74 Å². The van der Waals surface area contributed by atoms with Crippen molar-refractivity contribution < 1.29 is 19.4 Å². The van der Waals surface area contributed by atoms with Crippen LogP contribution in [0.3, 0.4) is 0 Å². The number of amides is 1. The van der Waals surface area contributed by atoms with Crippen molar-refractivity contribution in [2.24, 2.45) is 0 Å². The van der Waals surface area contributed by atoms with Gasteiger partial charge in [0.15, 0.2) is 0 Å². The predicted molar refractivity (Wildman–Crippen MR) is 88.1 cm³/mol. The third kappa shape index (κ3) is 3.85. The van der Waals surface area contributed by atoms with Crippen LogP contribution in [0.5, 0.6) is 5.88 Å². The van der Waals surface area contributed by atoms with E-state index in [0.717, 1.165) is 13.1 Å². The van der Waals surface area contributed by atoms with Crippen molar-refractivity contribution in [3.8, 4) is 5.88 Å². The summed E-state index contributed by atoms with van der Waals surface area (Å²) < 4.78 is 10.8. The van der Waals surface area contributed by atoms with Crippen molar-refractivity contribution in [1.29, 1.82) is 0 Å². The van der Waals surface area contributed by atoms with Gasteiger partial charge in [0.05, 0.1) is 32.0 Å². The van der Waals surface area contributed by atoms with E-state index in [9.17, 15) is 9.90 Å². The summed E-state index contributed by atoms with van der Waals surface area (Å²) in [7, 11) is 0. The molecule has 7 heteroatoms. The number of aliphatic hydroxyl groups is 1. The first-order chi connectivity index (χ1) is 11.6. The van der Waals surface area contributed by atoms with Gasteiger partial charge < -0.3 is 19.5 Å². The Hall–Kier alpha value is -1.70. The summed E-state index contributed by atoms with van der Waals surface area (Å²) in [6.45, 7) is 6.83. The third-order valence-electron chi connectivity index (χ3n) is 4.52. The number of ether oxygens (including phenoxy) is 2. The first kappa shape index (κ1) is 17.1. The van der Waals surface area contributed by atoms with Crippen LogP contribution in [-0.2, 0) is 4.74 Å². The number of likely N-dealkylation sites (tertiary alicyclic amines) is 1. The van der Waals surface area contributed by atoms with Crippen molar-refractivity contribution in [2.75, 3.05) is 52.5 Å². The number of aromatic nitrogens is 1. The lowest BCUT2D eigenvalue weighted by atomic mass is 10.0. The summed E-state index contributed by atoms with van der Waals surface area (Å²) in [5, 5.41) is 10.9. The molecule has 7 nitrogen and oxygen atoms in total. The zero-order valence-electron chi connectivity index (χ0n) is 14.1. The molecule has 24 heavy (non-hydrogen) atoms. The fraction of sp³-hybridized carbons (Fsp3) is 0.647. The Balaban J connectivity index is 1.65. The molecule has 0 spiro atoms. The Morgan fingerprint density at radius 2 is 2.21 bits per heavy atom. The summed E-state index contributed by atoms with van der Waals surface area (Å²) in [5.74, 6) is 0.220. The standard InChI is InChI=1S/C17H25N3O4/c1-2-24-15-14(4-3-6-18-15)16(21)20-7-5-17(22,13-20)12-19-8-10-23-11-9-19/h3-4,6,22H,2,5,7-13H2,1H3/t17-/m1/s1. The minimum atomic E-state index is -0.860. The summed E-state index contributed by atoms with van der Waals surface area (Å²) in [6, 6.07) is 3.45. The molecule has 1 atom stereocenters. The van der Waals surface area contributed by atoms with E-state index >= 15 is 0 Å². The molecule has 1 aromatic heterocycles. The van der Waals surface area contributed by atoms with Crippen LogP contribution in [0.25, 0.3) is 0 Å². The van der Waals surface area contributed by atoms with E-state index in [1.807, 2.05) is 6.92 Å². The first-order valence-corrected chi connectivity index (χ1v) is 8.51. The highest BCUT2D eigenvalue weighted by atomic mass is 16.5. The lowest BCUT2D eigenvalue weighted by Crippen LogP contribution is -2.49. The van der Waals surface area contributed by atoms with Crippen molar-refractivity contribution in [1.82, 2.24) is 14.8 Å². The summed E-state index contributed by atoms with van der Waals surface area (Å²) in [5.41, 5.74) is -0.406. The first-order valence-electron chi connectivity index (χ1n) is 8.51. The second-order valence-corrected chi connectivity index (χ2v) is 6.38. The van der Waals surface area contributed by atoms with E-state index in [1.165, 1.54) is 0 Å². The maximum Gasteiger partial charge on any atom is 0.259 e. The molecule has 3 rings (SSSR count). The Labute approximate surface area is 142 Å². The molecule has 2 saturated heterocycles. The Bertz CT molecular complexity index is 577. The largest absolute Gasteiger partial charge is 0.477 e. The fourth-order valence-corrected chi connectivity index (χ4v) is 3.31. The predicted octanol–water partition coefficient (Wildman–Crippen LogP) is 0.389. The molecule has 1 aromatic rings. The van der Waals surface area contributed by atoms with Crippen LogP contribution in [0, 0.1) is 0 Å². The number of rotatable bonds is 5. The number of hydrogen-bond acceptors (Lipinski definition) is 6. The molecule has 2 aliphatic heterocycles. The van der Waals surface area contributed by atoms with Crippen LogP contribution in [0.2, 0.25) is 0 Å². The minimum absolute atomic E-state index is 0.135. The monoisotopic (exact) mass is 335 g/mol. The van der Waals surface area contributed by atoms with Gasteiger partial charge in [0, 0.05) is 32.4 Å².